The van der Waals surface area contributed by atoms with Gasteiger partial charge in [0.1, 0.15) is 0 Å². The predicted molar refractivity (Wildman–Crippen MR) is 82.2 cm³/mol. The fraction of sp³-hybridized carbons (Fsp3) is 1.00. The van der Waals surface area contributed by atoms with Crippen LogP contribution in [0.5, 0.6) is 0 Å². The predicted octanol–water partition coefficient (Wildman–Crippen LogP) is 2.17. The summed E-state index contributed by atoms with van der Waals surface area (Å²) in [6.45, 7) is 14.0. The fourth-order valence-corrected chi connectivity index (χ4v) is 3.91. The first-order valence-corrected chi connectivity index (χ1v) is 7.94. The van der Waals surface area contributed by atoms with Gasteiger partial charge in [-0.1, -0.05) is 20.8 Å². The Morgan fingerprint density at radius 1 is 1.26 bits per heavy atom. The molecule has 19 heavy (non-hydrogen) atoms. The van der Waals surface area contributed by atoms with E-state index in [4.69, 9.17) is 5.73 Å². The number of rotatable bonds is 2. The topological polar surface area (TPSA) is 32.5 Å². The normalized spacial score (nSPS) is 38.8. The van der Waals surface area contributed by atoms with E-state index in [1.165, 1.54) is 38.9 Å². The molecule has 2 N–H and O–H groups in total. The number of nitrogens with zero attached hydrogens (tertiary/aromatic N) is 2. The second-order valence-corrected chi connectivity index (χ2v) is 8.01. The van der Waals surface area contributed by atoms with Crippen LogP contribution in [0.2, 0.25) is 0 Å². The van der Waals surface area contributed by atoms with E-state index in [2.05, 4.69) is 44.5 Å². The largest absolute Gasteiger partial charge is 0.329 e. The highest BCUT2D eigenvalue weighted by Crippen LogP contribution is 2.40. The lowest BCUT2D eigenvalue weighted by Gasteiger charge is -2.49. The van der Waals surface area contributed by atoms with E-state index in [0.717, 1.165) is 12.5 Å². The van der Waals surface area contributed by atoms with Crippen LogP contribution in [0.25, 0.3) is 0 Å². The molecular formula is C16H33N3. The lowest BCUT2D eigenvalue weighted by Crippen LogP contribution is -2.60. The van der Waals surface area contributed by atoms with Gasteiger partial charge in [-0.2, -0.15) is 0 Å². The van der Waals surface area contributed by atoms with Crippen LogP contribution in [-0.4, -0.2) is 54.6 Å². The molecule has 0 amide bonds. The van der Waals surface area contributed by atoms with Gasteiger partial charge in [-0.25, -0.2) is 0 Å². The van der Waals surface area contributed by atoms with Crippen LogP contribution in [0.15, 0.2) is 0 Å². The van der Waals surface area contributed by atoms with Crippen LogP contribution in [0, 0.1) is 11.3 Å². The van der Waals surface area contributed by atoms with Crippen molar-refractivity contribution in [3.8, 4) is 0 Å². The molecule has 3 unspecified atom stereocenters. The summed E-state index contributed by atoms with van der Waals surface area (Å²) in [6, 6.07) is 0.658. The molecular weight excluding hydrogens is 234 g/mol. The molecule has 0 bridgehead atoms. The molecule has 3 atom stereocenters. The molecule has 112 valence electrons. The van der Waals surface area contributed by atoms with E-state index < -0.39 is 0 Å². The third-order valence-electron chi connectivity index (χ3n) is 5.82. The lowest BCUT2D eigenvalue weighted by molar-refractivity contribution is 0.0196. The van der Waals surface area contributed by atoms with Gasteiger partial charge >= 0.3 is 0 Å². The molecule has 3 heteroatoms. The first-order valence-electron chi connectivity index (χ1n) is 7.94. The van der Waals surface area contributed by atoms with Crippen molar-refractivity contribution in [2.75, 3.05) is 33.2 Å². The molecule has 2 saturated heterocycles. The highest BCUT2D eigenvalue weighted by molar-refractivity contribution is 5.01. The summed E-state index contributed by atoms with van der Waals surface area (Å²) in [5.41, 5.74) is 6.92. The van der Waals surface area contributed by atoms with Crippen LogP contribution < -0.4 is 5.73 Å². The fourth-order valence-electron chi connectivity index (χ4n) is 3.91. The van der Waals surface area contributed by atoms with Crippen LogP contribution in [0.3, 0.4) is 0 Å². The minimum Gasteiger partial charge on any atom is -0.329 e. The summed E-state index contributed by atoms with van der Waals surface area (Å²) in [5.74, 6) is 0.825. The number of hydrogen-bond acceptors (Lipinski definition) is 3. The van der Waals surface area contributed by atoms with Gasteiger partial charge in [0, 0.05) is 24.7 Å². The van der Waals surface area contributed by atoms with Gasteiger partial charge in [-0.15, -0.1) is 0 Å². The Morgan fingerprint density at radius 3 is 2.42 bits per heavy atom. The van der Waals surface area contributed by atoms with Crippen LogP contribution in [0.4, 0.5) is 0 Å². The first-order chi connectivity index (χ1) is 8.78. The maximum atomic E-state index is 6.22. The van der Waals surface area contributed by atoms with Crippen molar-refractivity contribution in [3.05, 3.63) is 0 Å². The quantitative estimate of drug-likeness (QED) is 0.832. The van der Waals surface area contributed by atoms with Crippen molar-refractivity contribution in [1.29, 1.82) is 0 Å². The summed E-state index contributed by atoms with van der Waals surface area (Å²) in [7, 11) is 2.24. The average Bonchev–Trinajstić information content (AvgIpc) is 2.82. The molecule has 2 aliphatic heterocycles. The van der Waals surface area contributed by atoms with Gasteiger partial charge in [0.05, 0.1) is 0 Å². The van der Waals surface area contributed by atoms with Gasteiger partial charge in [0.15, 0.2) is 0 Å². The Kier molecular flexibility index (Phi) is 4.29. The maximum Gasteiger partial charge on any atom is 0.0358 e. The van der Waals surface area contributed by atoms with Gasteiger partial charge in [0.25, 0.3) is 0 Å². The molecule has 0 spiro atoms. The highest BCUT2D eigenvalue weighted by Gasteiger charge is 2.45. The van der Waals surface area contributed by atoms with Crippen molar-refractivity contribution in [3.63, 3.8) is 0 Å². The molecule has 0 aromatic rings. The van der Waals surface area contributed by atoms with Crippen molar-refractivity contribution in [2.24, 2.45) is 17.1 Å². The van der Waals surface area contributed by atoms with Crippen molar-refractivity contribution < 1.29 is 0 Å². The third-order valence-corrected chi connectivity index (χ3v) is 5.82. The van der Waals surface area contributed by atoms with Crippen molar-refractivity contribution >= 4 is 0 Å². The summed E-state index contributed by atoms with van der Waals surface area (Å²) in [5, 5.41) is 0. The van der Waals surface area contributed by atoms with Gasteiger partial charge in [-0.05, 0) is 57.7 Å². The third kappa shape index (κ3) is 2.98. The van der Waals surface area contributed by atoms with Crippen LogP contribution in [-0.2, 0) is 0 Å². The Hall–Kier alpha value is -0.120. The summed E-state index contributed by atoms with van der Waals surface area (Å²) in [6.07, 6.45) is 3.81. The van der Waals surface area contributed by atoms with Gasteiger partial charge in [-0.3, -0.25) is 4.90 Å². The SMILES string of the molecule is CC1CC(CN)(N2CCC(C(C)(C)C)C2)CCN1C. The molecule has 0 aromatic carbocycles. The minimum absolute atomic E-state index is 0.270. The summed E-state index contributed by atoms with van der Waals surface area (Å²) >= 11 is 0. The van der Waals surface area contributed by atoms with Crippen LogP contribution >= 0.6 is 0 Å². The smallest absolute Gasteiger partial charge is 0.0358 e. The first kappa shape index (κ1) is 15.3. The van der Waals surface area contributed by atoms with E-state index >= 15 is 0 Å². The molecule has 2 aliphatic rings. The Bertz CT molecular complexity index is 310. The Balaban J connectivity index is 2.07. The van der Waals surface area contributed by atoms with E-state index in [9.17, 15) is 0 Å². The molecule has 2 fully saturated rings. The second kappa shape index (κ2) is 5.34. The van der Waals surface area contributed by atoms with Crippen molar-refractivity contribution in [1.82, 2.24) is 9.80 Å². The summed E-state index contributed by atoms with van der Waals surface area (Å²) < 4.78 is 0. The zero-order valence-electron chi connectivity index (χ0n) is 13.6. The number of hydrogen-bond donors (Lipinski definition) is 1. The standard InChI is InChI=1S/C16H33N3/c1-13-10-16(12-17,7-9-18(13)5)19-8-6-14(11-19)15(2,3)4/h13-14H,6-12,17H2,1-5H3. The molecule has 0 saturated carbocycles. The van der Waals surface area contributed by atoms with E-state index in [0.29, 0.717) is 11.5 Å². The highest BCUT2D eigenvalue weighted by atomic mass is 15.3. The van der Waals surface area contributed by atoms with Crippen LogP contribution in [0.1, 0.15) is 47.0 Å². The summed E-state index contributed by atoms with van der Waals surface area (Å²) in [4.78, 5) is 5.21. The van der Waals surface area contributed by atoms with E-state index in [-0.39, 0.29) is 5.54 Å². The van der Waals surface area contributed by atoms with Gasteiger partial charge in [0.2, 0.25) is 0 Å². The zero-order chi connectivity index (χ0) is 14.3. The molecule has 3 nitrogen and oxygen atoms in total. The second-order valence-electron chi connectivity index (χ2n) is 8.01. The molecule has 0 aromatic heterocycles. The van der Waals surface area contributed by atoms with E-state index in [1.807, 2.05) is 0 Å². The van der Waals surface area contributed by atoms with Crippen molar-refractivity contribution in [2.45, 2.75) is 58.5 Å². The Morgan fingerprint density at radius 2 is 1.95 bits per heavy atom. The average molecular weight is 267 g/mol. The Labute approximate surface area is 119 Å². The van der Waals surface area contributed by atoms with Gasteiger partial charge < -0.3 is 10.6 Å². The molecule has 2 heterocycles. The monoisotopic (exact) mass is 267 g/mol. The number of likely N-dealkylation sites (tertiary alicyclic amines) is 2. The molecule has 0 radical (unpaired) electrons. The minimum atomic E-state index is 0.270. The lowest BCUT2D eigenvalue weighted by atomic mass is 9.79. The molecule has 2 rings (SSSR count). The number of nitrogens with two attached hydrogens (primary N) is 1. The zero-order valence-corrected chi connectivity index (χ0v) is 13.6. The maximum absolute atomic E-state index is 6.22. The van der Waals surface area contributed by atoms with E-state index in [1.54, 1.807) is 0 Å². The molecule has 0 aliphatic carbocycles. The number of piperidine rings is 1.